The largest absolute Gasteiger partial charge is 0.465 e. The molecule has 0 bridgehead atoms. The number of nitrogens with one attached hydrogen (secondary N) is 1. The van der Waals surface area contributed by atoms with Crippen LogP contribution in [0.1, 0.15) is 23.2 Å². The van der Waals surface area contributed by atoms with Crippen molar-refractivity contribution in [3.63, 3.8) is 0 Å². The molecular formula is C11H12FNO2. The zero-order valence-corrected chi connectivity index (χ0v) is 8.42. The number of ether oxygens (including phenoxy) is 1. The van der Waals surface area contributed by atoms with Crippen molar-refractivity contribution in [1.29, 1.82) is 0 Å². The monoisotopic (exact) mass is 209 g/mol. The molecule has 1 aliphatic carbocycles. The molecule has 0 unspecified atom stereocenters. The maximum absolute atomic E-state index is 13.3. The summed E-state index contributed by atoms with van der Waals surface area (Å²) < 4.78 is 17.9. The zero-order chi connectivity index (χ0) is 10.8. The van der Waals surface area contributed by atoms with Gasteiger partial charge in [0.05, 0.1) is 18.4 Å². The summed E-state index contributed by atoms with van der Waals surface area (Å²) in [6.07, 6.45) is 2.11. The fourth-order valence-electron chi connectivity index (χ4n) is 1.33. The van der Waals surface area contributed by atoms with E-state index in [9.17, 15) is 9.18 Å². The molecule has 80 valence electrons. The number of hydrogen-bond donors (Lipinski definition) is 1. The topological polar surface area (TPSA) is 38.3 Å². The standard InChI is InChI=1S/C11H12FNO2/c1-15-11(14)7-2-5-9(12)10(6-7)13-8-3-4-8/h2,5-6,8,13H,3-4H2,1H3. The number of carbonyl (C=O) groups is 1. The summed E-state index contributed by atoms with van der Waals surface area (Å²) in [4.78, 5) is 11.2. The van der Waals surface area contributed by atoms with Crippen LogP contribution in [0.2, 0.25) is 0 Å². The number of anilines is 1. The molecule has 15 heavy (non-hydrogen) atoms. The van der Waals surface area contributed by atoms with Gasteiger partial charge >= 0.3 is 5.97 Å². The van der Waals surface area contributed by atoms with E-state index < -0.39 is 5.97 Å². The molecule has 0 radical (unpaired) electrons. The van der Waals surface area contributed by atoms with E-state index in [0.717, 1.165) is 12.8 Å². The molecule has 0 saturated heterocycles. The summed E-state index contributed by atoms with van der Waals surface area (Å²) in [5.41, 5.74) is 0.738. The average Bonchev–Trinajstić information content (AvgIpc) is 3.04. The highest BCUT2D eigenvalue weighted by atomic mass is 19.1. The van der Waals surface area contributed by atoms with Crippen molar-refractivity contribution < 1.29 is 13.9 Å². The van der Waals surface area contributed by atoms with Gasteiger partial charge in [0.1, 0.15) is 5.82 Å². The van der Waals surface area contributed by atoms with E-state index in [1.807, 2.05) is 0 Å². The van der Waals surface area contributed by atoms with Gasteiger partial charge in [-0.15, -0.1) is 0 Å². The van der Waals surface area contributed by atoms with Crippen molar-refractivity contribution in [1.82, 2.24) is 0 Å². The normalized spacial score (nSPS) is 14.8. The van der Waals surface area contributed by atoms with Crippen LogP contribution in [0.4, 0.5) is 10.1 Å². The molecule has 0 aliphatic heterocycles. The van der Waals surface area contributed by atoms with Crippen molar-refractivity contribution in [3.8, 4) is 0 Å². The Labute approximate surface area is 87.2 Å². The number of benzene rings is 1. The second kappa shape index (κ2) is 3.88. The second-order valence-corrected chi connectivity index (χ2v) is 3.60. The van der Waals surface area contributed by atoms with Gasteiger partial charge in [-0.25, -0.2) is 9.18 Å². The molecule has 4 heteroatoms. The van der Waals surface area contributed by atoms with E-state index >= 15 is 0 Å². The molecule has 1 N–H and O–H groups in total. The Morgan fingerprint density at radius 2 is 2.27 bits per heavy atom. The molecule has 1 fully saturated rings. The van der Waals surface area contributed by atoms with Crippen molar-refractivity contribution in [3.05, 3.63) is 29.6 Å². The first-order chi connectivity index (χ1) is 7.20. The van der Waals surface area contributed by atoms with Crippen LogP contribution in [0.15, 0.2) is 18.2 Å². The SMILES string of the molecule is COC(=O)c1ccc(F)c(NC2CC2)c1. The Morgan fingerprint density at radius 1 is 1.53 bits per heavy atom. The summed E-state index contributed by atoms with van der Waals surface area (Å²) in [6.45, 7) is 0. The maximum atomic E-state index is 13.3. The highest BCUT2D eigenvalue weighted by Crippen LogP contribution is 2.26. The van der Waals surface area contributed by atoms with Gasteiger partial charge in [-0.1, -0.05) is 0 Å². The van der Waals surface area contributed by atoms with Gasteiger partial charge in [-0.3, -0.25) is 0 Å². The van der Waals surface area contributed by atoms with Crippen molar-refractivity contribution >= 4 is 11.7 Å². The average molecular weight is 209 g/mol. The van der Waals surface area contributed by atoms with Gasteiger partial charge in [-0.2, -0.15) is 0 Å². The van der Waals surface area contributed by atoms with Crippen molar-refractivity contribution in [2.24, 2.45) is 0 Å². The van der Waals surface area contributed by atoms with Gasteiger partial charge in [0.25, 0.3) is 0 Å². The predicted octanol–water partition coefficient (Wildman–Crippen LogP) is 2.19. The van der Waals surface area contributed by atoms with Crippen LogP contribution < -0.4 is 5.32 Å². The van der Waals surface area contributed by atoms with Gasteiger partial charge in [0, 0.05) is 6.04 Å². The smallest absolute Gasteiger partial charge is 0.337 e. The first-order valence-corrected chi connectivity index (χ1v) is 4.85. The number of halogens is 1. The van der Waals surface area contributed by atoms with E-state index in [-0.39, 0.29) is 5.82 Å². The lowest BCUT2D eigenvalue weighted by Crippen LogP contribution is -2.06. The number of rotatable bonds is 3. The van der Waals surface area contributed by atoms with Crippen molar-refractivity contribution in [2.45, 2.75) is 18.9 Å². The summed E-state index contributed by atoms with van der Waals surface area (Å²) in [7, 11) is 1.31. The molecule has 0 amide bonds. The van der Waals surface area contributed by atoms with E-state index in [4.69, 9.17) is 0 Å². The Balaban J connectivity index is 2.22. The highest BCUT2D eigenvalue weighted by molar-refractivity contribution is 5.90. The number of carbonyl (C=O) groups excluding carboxylic acids is 1. The lowest BCUT2D eigenvalue weighted by molar-refractivity contribution is 0.0600. The Kier molecular flexibility index (Phi) is 2.58. The van der Waals surface area contributed by atoms with E-state index in [1.54, 1.807) is 0 Å². The van der Waals surface area contributed by atoms with Crippen LogP contribution in [-0.4, -0.2) is 19.1 Å². The predicted molar refractivity (Wildman–Crippen MR) is 54.4 cm³/mol. The van der Waals surface area contributed by atoms with Gasteiger partial charge < -0.3 is 10.1 Å². The summed E-state index contributed by atoms with van der Waals surface area (Å²) in [5, 5.41) is 3.02. The molecule has 0 spiro atoms. The van der Waals surface area contributed by atoms with Crippen LogP contribution in [0.25, 0.3) is 0 Å². The van der Waals surface area contributed by atoms with Crippen LogP contribution in [0.3, 0.4) is 0 Å². The lowest BCUT2D eigenvalue weighted by atomic mass is 10.2. The Morgan fingerprint density at radius 3 is 2.87 bits per heavy atom. The third-order valence-electron chi connectivity index (χ3n) is 2.32. The first-order valence-electron chi connectivity index (χ1n) is 4.85. The summed E-state index contributed by atoms with van der Waals surface area (Å²) in [5.74, 6) is -0.789. The number of methoxy groups -OCH3 is 1. The molecule has 1 aromatic rings. The molecule has 3 nitrogen and oxygen atoms in total. The molecule has 0 heterocycles. The Bertz CT molecular complexity index is 388. The van der Waals surface area contributed by atoms with Gasteiger partial charge in [-0.05, 0) is 31.0 Å². The van der Waals surface area contributed by atoms with Gasteiger partial charge in [0.15, 0.2) is 0 Å². The molecule has 1 aromatic carbocycles. The molecule has 1 aliphatic rings. The fraction of sp³-hybridized carbons (Fsp3) is 0.364. The molecule has 1 saturated carbocycles. The molecule has 2 rings (SSSR count). The fourth-order valence-corrected chi connectivity index (χ4v) is 1.33. The third-order valence-corrected chi connectivity index (χ3v) is 2.32. The number of hydrogen-bond acceptors (Lipinski definition) is 3. The maximum Gasteiger partial charge on any atom is 0.337 e. The molecule has 0 aromatic heterocycles. The molecule has 0 atom stereocenters. The summed E-state index contributed by atoms with van der Waals surface area (Å²) >= 11 is 0. The second-order valence-electron chi connectivity index (χ2n) is 3.60. The lowest BCUT2D eigenvalue weighted by Gasteiger charge is -2.07. The van der Waals surface area contributed by atoms with E-state index in [2.05, 4.69) is 10.1 Å². The minimum Gasteiger partial charge on any atom is -0.465 e. The Hall–Kier alpha value is -1.58. The van der Waals surface area contributed by atoms with Crippen LogP contribution in [-0.2, 0) is 4.74 Å². The van der Waals surface area contributed by atoms with Crippen LogP contribution in [0, 0.1) is 5.82 Å². The van der Waals surface area contributed by atoms with Crippen LogP contribution >= 0.6 is 0 Å². The van der Waals surface area contributed by atoms with Gasteiger partial charge in [0.2, 0.25) is 0 Å². The van der Waals surface area contributed by atoms with Crippen molar-refractivity contribution in [2.75, 3.05) is 12.4 Å². The zero-order valence-electron chi connectivity index (χ0n) is 8.42. The first kappa shape index (κ1) is 9.96. The quantitative estimate of drug-likeness (QED) is 0.775. The number of esters is 1. The third kappa shape index (κ3) is 2.26. The van der Waals surface area contributed by atoms with Crippen LogP contribution in [0.5, 0.6) is 0 Å². The van der Waals surface area contributed by atoms with E-state index in [0.29, 0.717) is 17.3 Å². The van der Waals surface area contributed by atoms with E-state index in [1.165, 1.54) is 25.3 Å². The molecular weight excluding hydrogens is 197 g/mol. The highest BCUT2D eigenvalue weighted by Gasteiger charge is 2.22. The minimum absolute atomic E-state index is 0.338. The minimum atomic E-state index is -0.450. The summed E-state index contributed by atoms with van der Waals surface area (Å²) in [6, 6.07) is 4.53.